The molecule has 2 aromatic carbocycles. The predicted octanol–water partition coefficient (Wildman–Crippen LogP) is 6.86. The second kappa shape index (κ2) is 11.0. The third-order valence-electron chi connectivity index (χ3n) is 7.60. The van der Waals surface area contributed by atoms with Crippen LogP contribution in [0.1, 0.15) is 51.2 Å². The molecule has 5 nitrogen and oxygen atoms in total. The van der Waals surface area contributed by atoms with Gasteiger partial charge in [0.25, 0.3) is 0 Å². The Balaban J connectivity index is 2.36. The largest absolute Gasteiger partial charge is 0.491 e. The van der Waals surface area contributed by atoms with Crippen LogP contribution in [0, 0.1) is 34.3 Å². The number of hydrogen-bond acceptors (Lipinski definition) is 5. The second-order valence-electron chi connectivity index (χ2n) is 10.5. The number of halogens is 7. The average Bonchev–Trinajstić information content (AvgIpc) is 3.14. The van der Waals surface area contributed by atoms with Crippen LogP contribution >= 0.6 is 23.2 Å². The van der Waals surface area contributed by atoms with E-state index in [-0.39, 0.29) is 28.5 Å². The SMILES string of the molecule is CC(C)C(C)(C)C[C@@H]1N[C@@H](C(=O)OC(=O)C(F)(F)F)[C@H](c2cccc(Cl)c2F)[C@@]1(C#N)c1ccc(Cl)cc1F. The zero-order valence-corrected chi connectivity index (χ0v) is 22.8. The van der Waals surface area contributed by atoms with Gasteiger partial charge in [-0.25, -0.2) is 18.4 Å². The van der Waals surface area contributed by atoms with Gasteiger partial charge in [0, 0.05) is 22.5 Å². The van der Waals surface area contributed by atoms with Crippen molar-refractivity contribution in [1.29, 1.82) is 5.26 Å². The molecule has 0 bridgehead atoms. The van der Waals surface area contributed by atoms with Gasteiger partial charge in [0.2, 0.25) is 0 Å². The van der Waals surface area contributed by atoms with E-state index >= 15 is 8.78 Å². The van der Waals surface area contributed by atoms with Crippen molar-refractivity contribution < 1.29 is 36.3 Å². The van der Waals surface area contributed by atoms with Crippen molar-refractivity contribution >= 4 is 35.1 Å². The minimum atomic E-state index is -5.50. The van der Waals surface area contributed by atoms with Gasteiger partial charge >= 0.3 is 18.1 Å². The number of rotatable bonds is 6. The Morgan fingerprint density at radius 1 is 1.15 bits per heavy atom. The van der Waals surface area contributed by atoms with E-state index in [1.54, 1.807) is 0 Å². The van der Waals surface area contributed by atoms with E-state index in [9.17, 15) is 28.0 Å². The molecule has 0 unspecified atom stereocenters. The van der Waals surface area contributed by atoms with Crippen LogP contribution in [0.2, 0.25) is 10.0 Å². The maximum Gasteiger partial charge on any atom is 0.491 e. The summed E-state index contributed by atoms with van der Waals surface area (Å²) in [7, 11) is 0. The molecule has 1 aliphatic heterocycles. The summed E-state index contributed by atoms with van der Waals surface area (Å²) in [4.78, 5) is 24.7. The summed E-state index contributed by atoms with van der Waals surface area (Å²) in [5.74, 6) is -8.19. The van der Waals surface area contributed by atoms with Gasteiger partial charge in [-0.1, -0.05) is 69.1 Å². The first-order valence-corrected chi connectivity index (χ1v) is 12.6. The molecule has 1 fully saturated rings. The zero-order valence-electron chi connectivity index (χ0n) is 21.3. The Hall–Kier alpha value is -2.74. The molecule has 2 aromatic rings. The van der Waals surface area contributed by atoms with Crippen molar-refractivity contribution in [3.63, 3.8) is 0 Å². The van der Waals surface area contributed by atoms with E-state index < -0.39 is 63.6 Å². The van der Waals surface area contributed by atoms with Crippen molar-refractivity contribution in [1.82, 2.24) is 5.32 Å². The molecule has 3 rings (SSSR count). The summed E-state index contributed by atoms with van der Waals surface area (Å²) >= 11 is 11.9. The third-order valence-corrected chi connectivity index (χ3v) is 8.13. The van der Waals surface area contributed by atoms with Crippen LogP contribution in [0.4, 0.5) is 22.0 Å². The van der Waals surface area contributed by atoms with E-state index in [0.717, 1.165) is 6.07 Å². The number of benzene rings is 2. The molecule has 0 spiro atoms. The smallest absolute Gasteiger partial charge is 0.385 e. The highest BCUT2D eigenvalue weighted by Crippen LogP contribution is 2.53. The summed E-state index contributed by atoms with van der Waals surface area (Å²) < 4.78 is 74.1. The van der Waals surface area contributed by atoms with Gasteiger partial charge in [0.15, 0.2) is 0 Å². The molecule has 39 heavy (non-hydrogen) atoms. The first kappa shape index (κ1) is 30.8. The number of nitriles is 1. The highest BCUT2D eigenvalue weighted by atomic mass is 35.5. The minimum absolute atomic E-state index is 0.00780. The molecule has 1 heterocycles. The van der Waals surface area contributed by atoms with Gasteiger partial charge in [-0.3, -0.25) is 5.32 Å². The molecule has 12 heteroatoms. The molecule has 1 saturated heterocycles. The monoisotopic (exact) mass is 590 g/mol. The fourth-order valence-corrected chi connectivity index (χ4v) is 5.24. The van der Waals surface area contributed by atoms with Gasteiger partial charge in [-0.15, -0.1) is 0 Å². The number of carbonyl (C=O) groups excluding carboxylic acids is 2. The van der Waals surface area contributed by atoms with Crippen LogP contribution in [-0.4, -0.2) is 30.2 Å². The summed E-state index contributed by atoms with van der Waals surface area (Å²) in [5.41, 5.74) is -3.27. The first-order valence-electron chi connectivity index (χ1n) is 11.9. The minimum Gasteiger partial charge on any atom is -0.385 e. The lowest BCUT2D eigenvalue weighted by Gasteiger charge is -2.39. The van der Waals surface area contributed by atoms with E-state index in [1.807, 2.05) is 27.7 Å². The zero-order chi connectivity index (χ0) is 29.5. The van der Waals surface area contributed by atoms with Crippen LogP contribution in [0.25, 0.3) is 0 Å². The van der Waals surface area contributed by atoms with Crippen LogP contribution < -0.4 is 5.32 Å². The molecular formula is C27H25Cl2F5N2O3. The lowest BCUT2D eigenvalue weighted by atomic mass is 9.61. The molecule has 0 radical (unpaired) electrons. The lowest BCUT2D eigenvalue weighted by molar-refractivity contribution is -0.202. The standard InChI is InChI=1S/C27H25Cl2F5N2O3/c1-13(2)25(3,4)11-19-26(12-35,16-9-8-14(28)10-18(16)30)20(15-6-5-7-17(29)21(15)31)22(36-19)23(37)39-24(38)27(32,33)34/h5-10,13,19-20,22,36H,11H2,1-4H3/t19-,20-,22+,26-/m0/s1. The van der Waals surface area contributed by atoms with Gasteiger partial charge in [0.1, 0.15) is 23.1 Å². The van der Waals surface area contributed by atoms with Gasteiger partial charge < -0.3 is 4.74 Å². The van der Waals surface area contributed by atoms with Crippen LogP contribution in [0.5, 0.6) is 0 Å². The molecular weight excluding hydrogens is 566 g/mol. The lowest BCUT2D eigenvalue weighted by Crippen LogP contribution is -2.46. The van der Waals surface area contributed by atoms with Crippen molar-refractivity contribution in [2.45, 2.75) is 63.7 Å². The Kier molecular flexibility index (Phi) is 8.71. The number of ether oxygens (including phenoxy) is 1. The quantitative estimate of drug-likeness (QED) is 0.226. The van der Waals surface area contributed by atoms with Crippen molar-refractivity contribution in [2.24, 2.45) is 11.3 Å². The average molecular weight is 591 g/mol. The summed E-state index contributed by atoms with van der Waals surface area (Å²) in [6.07, 6.45) is -5.41. The van der Waals surface area contributed by atoms with E-state index in [4.69, 9.17) is 23.2 Å². The maximum absolute atomic E-state index is 15.6. The molecule has 0 amide bonds. The molecule has 0 aromatic heterocycles. The van der Waals surface area contributed by atoms with Gasteiger partial charge in [-0.2, -0.15) is 18.4 Å². The highest BCUT2D eigenvalue weighted by Gasteiger charge is 2.62. The topological polar surface area (TPSA) is 79.2 Å². The normalized spacial score (nSPS) is 23.5. The van der Waals surface area contributed by atoms with Crippen molar-refractivity contribution in [2.75, 3.05) is 0 Å². The Bertz CT molecular complexity index is 1330. The number of carbonyl (C=O) groups is 2. The second-order valence-corrected chi connectivity index (χ2v) is 11.3. The summed E-state index contributed by atoms with van der Waals surface area (Å²) in [5, 5.41) is 13.1. The summed E-state index contributed by atoms with van der Waals surface area (Å²) in [6.45, 7) is 7.50. The van der Waals surface area contributed by atoms with E-state index in [1.165, 1.54) is 30.3 Å². The van der Waals surface area contributed by atoms with Crippen molar-refractivity contribution in [3.8, 4) is 6.07 Å². The Morgan fingerprint density at radius 2 is 1.79 bits per heavy atom. The van der Waals surface area contributed by atoms with Gasteiger partial charge in [0.05, 0.1) is 11.1 Å². The number of alkyl halides is 3. The van der Waals surface area contributed by atoms with Crippen molar-refractivity contribution in [3.05, 3.63) is 69.2 Å². The fourth-order valence-electron chi connectivity index (χ4n) is 4.90. The number of nitrogens with one attached hydrogen (secondary N) is 1. The molecule has 210 valence electrons. The number of esters is 2. The van der Waals surface area contributed by atoms with Gasteiger partial charge in [-0.05, 0) is 41.5 Å². The molecule has 1 aliphatic rings. The highest BCUT2D eigenvalue weighted by molar-refractivity contribution is 6.31. The van der Waals surface area contributed by atoms with E-state index in [0.29, 0.717) is 0 Å². The number of nitrogens with zero attached hydrogens (tertiary/aromatic N) is 1. The Morgan fingerprint density at radius 3 is 2.33 bits per heavy atom. The molecule has 0 aliphatic carbocycles. The summed E-state index contributed by atoms with van der Waals surface area (Å²) in [6, 6.07) is 6.21. The maximum atomic E-state index is 15.6. The molecule has 0 saturated carbocycles. The van der Waals surface area contributed by atoms with Crippen LogP contribution in [0.15, 0.2) is 36.4 Å². The first-order chi connectivity index (χ1) is 18.0. The fraction of sp³-hybridized carbons (Fsp3) is 0.444. The predicted molar refractivity (Wildman–Crippen MR) is 134 cm³/mol. The Labute approximate surface area is 232 Å². The third kappa shape index (κ3) is 5.76. The number of hydrogen-bond donors (Lipinski definition) is 1. The molecule has 1 N–H and O–H groups in total. The van der Waals surface area contributed by atoms with Crippen LogP contribution in [-0.2, 0) is 19.7 Å². The van der Waals surface area contributed by atoms with Crippen LogP contribution in [0.3, 0.4) is 0 Å². The van der Waals surface area contributed by atoms with E-state index in [2.05, 4.69) is 16.1 Å². The molecule has 4 atom stereocenters.